The Hall–Kier alpha value is -2.04. The van der Waals surface area contributed by atoms with E-state index in [4.69, 9.17) is 0 Å². The van der Waals surface area contributed by atoms with Gasteiger partial charge >= 0.3 is 6.03 Å². The van der Waals surface area contributed by atoms with Crippen molar-refractivity contribution < 1.29 is 9.59 Å². The van der Waals surface area contributed by atoms with E-state index >= 15 is 0 Å². The zero-order valence-electron chi connectivity index (χ0n) is 16.5. The van der Waals surface area contributed by atoms with E-state index in [1.54, 1.807) is 0 Å². The lowest BCUT2D eigenvalue weighted by Crippen LogP contribution is -2.60. The average Bonchev–Trinajstić information content (AvgIpc) is 3.01. The fourth-order valence-electron chi connectivity index (χ4n) is 5.86. The van der Waals surface area contributed by atoms with Crippen LogP contribution < -0.4 is 10.6 Å². The largest absolute Gasteiger partial charge is 0.337 e. The van der Waals surface area contributed by atoms with E-state index in [0.29, 0.717) is 24.2 Å². The quantitative estimate of drug-likeness (QED) is 0.825. The molecule has 1 saturated carbocycles. The van der Waals surface area contributed by atoms with E-state index in [0.717, 1.165) is 50.8 Å². The van der Waals surface area contributed by atoms with Crippen LogP contribution in [0.25, 0.3) is 0 Å². The van der Waals surface area contributed by atoms with Gasteiger partial charge in [0.1, 0.15) is 0 Å². The van der Waals surface area contributed by atoms with Gasteiger partial charge in [0.25, 0.3) is 0 Å². The van der Waals surface area contributed by atoms with Crippen LogP contribution in [0, 0.1) is 18.8 Å². The van der Waals surface area contributed by atoms with Crippen molar-refractivity contribution in [3.63, 3.8) is 0 Å². The Balaban J connectivity index is 1.45. The molecule has 146 valence electrons. The van der Waals surface area contributed by atoms with Crippen LogP contribution in [0.1, 0.15) is 57.4 Å². The first kappa shape index (κ1) is 18.3. The van der Waals surface area contributed by atoms with Crippen LogP contribution in [-0.2, 0) is 4.79 Å². The summed E-state index contributed by atoms with van der Waals surface area (Å²) in [4.78, 5) is 27.3. The number of amides is 3. The molecule has 2 saturated heterocycles. The van der Waals surface area contributed by atoms with Crippen molar-refractivity contribution in [2.24, 2.45) is 11.8 Å². The molecule has 4 atom stereocenters. The summed E-state index contributed by atoms with van der Waals surface area (Å²) in [5, 5.41) is 6.18. The summed E-state index contributed by atoms with van der Waals surface area (Å²) in [6, 6.07) is 7.91. The van der Waals surface area contributed by atoms with Gasteiger partial charge in [-0.25, -0.2) is 4.79 Å². The van der Waals surface area contributed by atoms with Gasteiger partial charge in [-0.1, -0.05) is 24.6 Å². The molecule has 1 aliphatic carbocycles. The number of nitrogens with zero attached hydrogens (tertiary/aromatic N) is 1. The molecule has 0 bridgehead atoms. The van der Waals surface area contributed by atoms with E-state index in [1.165, 1.54) is 5.56 Å². The molecule has 0 unspecified atom stereocenters. The first-order chi connectivity index (χ1) is 13.0. The molecule has 1 spiro atoms. The lowest BCUT2D eigenvalue weighted by molar-refractivity contribution is -0.138. The van der Waals surface area contributed by atoms with Crippen LogP contribution in [0.5, 0.6) is 0 Å². The Morgan fingerprint density at radius 2 is 1.93 bits per heavy atom. The Bertz CT molecular complexity index is 717. The van der Waals surface area contributed by atoms with Crippen molar-refractivity contribution in [3.8, 4) is 0 Å². The average molecular weight is 370 g/mol. The summed E-state index contributed by atoms with van der Waals surface area (Å²) in [7, 11) is 0. The topological polar surface area (TPSA) is 61.4 Å². The van der Waals surface area contributed by atoms with E-state index in [2.05, 4.69) is 22.5 Å². The highest BCUT2D eigenvalue weighted by molar-refractivity contribution is 5.89. The number of hydrogen-bond donors (Lipinski definition) is 2. The van der Waals surface area contributed by atoms with Crippen molar-refractivity contribution >= 4 is 17.6 Å². The maximum Gasteiger partial charge on any atom is 0.319 e. The normalized spacial score (nSPS) is 33.0. The summed E-state index contributed by atoms with van der Waals surface area (Å²) in [6.07, 6.45) is 7.00. The van der Waals surface area contributed by atoms with Gasteiger partial charge in [0, 0.05) is 30.2 Å². The number of nitrogens with one attached hydrogen (secondary N) is 2. The maximum absolute atomic E-state index is 12.6. The number of carbonyl (C=O) groups excluding carboxylic acids is 2. The van der Waals surface area contributed by atoms with Crippen LogP contribution in [0.15, 0.2) is 24.3 Å². The van der Waals surface area contributed by atoms with E-state index in [-0.39, 0.29) is 17.6 Å². The molecule has 5 heteroatoms. The van der Waals surface area contributed by atoms with Gasteiger partial charge in [-0.15, -0.1) is 0 Å². The Kier molecular flexibility index (Phi) is 4.87. The predicted molar refractivity (Wildman–Crippen MR) is 107 cm³/mol. The Labute approximate surface area is 161 Å². The van der Waals surface area contributed by atoms with E-state index in [1.807, 2.05) is 31.2 Å². The van der Waals surface area contributed by atoms with Gasteiger partial charge in [-0.3, -0.25) is 4.79 Å². The van der Waals surface area contributed by atoms with Crippen molar-refractivity contribution in [3.05, 3.63) is 29.8 Å². The third kappa shape index (κ3) is 3.32. The molecule has 27 heavy (non-hydrogen) atoms. The molecule has 0 radical (unpaired) electrons. The molecule has 3 fully saturated rings. The van der Waals surface area contributed by atoms with E-state index in [9.17, 15) is 9.59 Å². The monoisotopic (exact) mass is 369 g/mol. The standard InChI is InChI=1S/C22H31N3O2/c1-15-7-9-17(10-8-15)23-21(27)24-19-11-13-22-12-4-14-25(22)20(26)6-3-5-18(22)16(19)2/h7-10,16,18-19H,3-6,11-14H2,1-2H3,(H2,23,24,27)/t16-,18+,19+,22-/m1/s1. The highest BCUT2D eigenvalue weighted by atomic mass is 16.2. The van der Waals surface area contributed by atoms with Crippen molar-refractivity contribution in [1.29, 1.82) is 0 Å². The molecule has 3 aliphatic rings. The van der Waals surface area contributed by atoms with Gasteiger partial charge in [-0.2, -0.15) is 0 Å². The van der Waals surface area contributed by atoms with Crippen LogP contribution in [0.3, 0.4) is 0 Å². The molecule has 2 aliphatic heterocycles. The number of anilines is 1. The van der Waals surface area contributed by atoms with Gasteiger partial charge in [0.2, 0.25) is 5.91 Å². The molecule has 3 amide bonds. The number of carbonyl (C=O) groups is 2. The molecular formula is C22H31N3O2. The van der Waals surface area contributed by atoms with Crippen LogP contribution >= 0.6 is 0 Å². The summed E-state index contributed by atoms with van der Waals surface area (Å²) < 4.78 is 0. The second kappa shape index (κ2) is 7.17. The Morgan fingerprint density at radius 3 is 2.70 bits per heavy atom. The summed E-state index contributed by atoms with van der Waals surface area (Å²) >= 11 is 0. The van der Waals surface area contributed by atoms with Gasteiger partial charge < -0.3 is 15.5 Å². The minimum atomic E-state index is -0.125. The lowest BCUT2D eigenvalue weighted by Gasteiger charge is -2.52. The number of aryl methyl sites for hydroxylation is 1. The van der Waals surface area contributed by atoms with Gasteiger partial charge in [0.15, 0.2) is 0 Å². The minimum Gasteiger partial charge on any atom is -0.337 e. The van der Waals surface area contributed by atoms with Crippen LogP contribution in [0.4, 0.5) is 10.5 Å². The summed E-state index contributed by atoms with van der Waals surface area (Å²) in [5.74, 6) is 1.23. The molecule has 4 rings (SSSR count). The lowest BCUT2D eigenvalue weighted by atomic mass is 9.63. The molecule has 0 aromatic heterocycles. The first-order valence-corrected chi connectivity index (χ1v) is 10.4. The van der Waals surface area contributed by atoms with E-state index < -0.39 is 0 Å². The smallest absolute Gasteiger partial charge is 0.319 e. The maximum atomic E-state index is 12.6. The SMILES string of the molecule is Cc1ccc(NC(=O)N[C@H]2CC[C@@]34CCCN3C(=O)CCC[C@H]4[C@H]2C)cc1. The number of benzene rings is 1. The van der Waals surface area contributed by atoms with Gasteiger partial charge in [-0.05, 0) is 69.4 Å². The zero-order chi connectivity index (χ0) is 19.0. The predicted octanol–water partition coefficient (Wildman–Crippen LogP) is 4.08. The molecule has 1 aromatic rings. The molecule has 5 nitrogen and oxygen atoms in total. The second-order valence-electron chi connectivity index (χ2n) is 8.72. The third-order valence-corrected chi connectivity index (χ3v) is 7.21. The van der Waals surface area contributed by atoms with Crippen molar-refractivity contribution in [2.45, 2.75) is 70.4 Å². The molecule has 1 aromatic carbocycles. The van der Waals surface area contributed by atoms with Crippen LogP contribution in [0.2, 0.25) is 0 Å². The highest BCUT2D eigenvalue weighted by Gasteiger charge is 2.55. The molecule has 2 heterocycles. The summed E-state index contributed by atoms with van der Waals surface area (Å²) in [6.45, 7) is 5.23. The fraction of sp³-hybridized carbons (Fsp3) is 0.636. The second-order valence-corrected chi connectivity index (χ2v) is 8.72. The minimum absolute atomic E-state index is 0.0542. The number of rotatable bonds is 2. The van der Waals surface area contributed by atoms with Crippen LogP contribution in [-0.4, -0.2) is 35.0 Å². The highest BCUT2D eigenvalue weighted by Crippen LogP contribution is 2.51. The van der Waals surface area contributed by atoms with Gasteiger partial charge in [0.05, 0.1) is 0 Å². The molecular weight excluding hydrogens is 338 g/mol. The Morgan fingerprint density at radius 1 is 1.15 bits per heavy atom. The number of urea groups is 1. The third-order valence-electron chi connectivity index (χ3n) is 7.21. The summed E-state index contributed by atoms with van der Waals surface area (Å²) in [5.41, 5.74) is 2.05. The zero-order valence-corrected chi connectivity index (χ0v) is 16.5. The number of hydrogen-bond acceptors (Lipinski definition) is 2. The fourth-order valence-corrected chi connectivity index (χ4v) is 5.86. The molecule has 2 N–H and O–H groups in total. The first-order valence-electron chi connectivity index (χ1n) is 10.4. The van der Waals surface area contributed by atoms with Crippen molar-refractivity contribution in [2.75, 3.05) is 11.9 Å². The van der Waals surface area contributed by atoms with Crippen molar-refractivity contribution in [1.82, 2.24) is 10.2 Å².